The van der Waals surface area contributed by atoms with E-state index in [1.54, 1.807) is 0 Å². The zero-order valence-electron chi connectivity index (χ0n) is 10.8. The van der Waals surface area contributed by atoms with E-state index >= 15 is 0 Å². The molecule has 90 valence electrons. The summed E-state index contributed by atoms with van der Waals surface area (Å²) in [5.41, 5.74) is 2.70. The highest BCUT2D eigenvalue weighted by Crippen LogP contribution is 2.11. The molecule has 0 saturated carbocycles. The van der Waals surface area contributed by atoms with E-state index in [1.165, 1.54) is 49.8 Å². The molecular weight excluding hydrogens is 194 g/mol. The molecule has 0 heterocycles. The molecule has 0 bridgehead atoms. The first-order valence-electron chi connectivity index (χ1n) is 6.69. The van der Waals surface area contributed by atoms with Crippen LogP contribution in [0.1, 0.15) is 51.5 Å². The molecule has 1 aromatic rings. The maximum absolute atomic E-state index is 3.47. The standard InChI is InChI=1S/C15H25N/c1-3-5-6-7-13-16-15-11-9-14(8-4-2)10-12-15/h9-12,16H,3-8,13H2,1-2H3. The molecule has 0 radical (unpaired) electrons. The fourth-order valence-corrected chi connectivity index (χ4v) is 1.86. The molecule has 0 unspecified atom stereocenters. The third-order valence-corrected chi connectivity index (χ3v) is 2.85. The van der Waals surface area contributed by atoms with Crippen LogP contribution >= 0.6 is 0 Å². The number of benzene rings is 1. The maximum atomic E-state index is 3.47. The van der Waals surface area contributed by atoms with Gasteiger partial charge in [0.15, 0.2) is 0 Å². The molecule has 0 aliphatic heterocycles. The number of rotatable bonds is 8. The average molecular weight is 219 g/mol. The monoisotopic (exact) mass is 219 g/mol. The number of hydrogen-bond acceptors (Lipinski definition) is 1. The number of unbranched alkanes of at least 4 members (excludes halogenated alkanes) is 3. The van der Waals surface area contributed by atoms with E-state index in [-0.39, 0.29) is 0 Å². The Labute approximate surface area is 100 Å². The van der Waals surface area contributed by atoms with E-state index in [9.17, 15) is 0 Å². The van der Waals surface area contributed by atoms with Crippen LogP contribution in [-0.2, 0) is 6.42 Å². The van der Waals surface area contributed by atoms with Crippen molar-refractivity contribution < 1.29 is 0 Å². The number of nitrogens with one attached hydrogen (secondary N) is 1. The summed E-state index contributed by atoms with van der Waals surface area (Å²) >= 11 is 0. The summed E-state index contributed by atoms with van der Waals surface area (Å²) in [7, 11) is 0. The van der Waals surface area contributed by atoms with E-state index in [2.05, 4.69) is 43.4 Å². The average Bonchev–Trinajstić information content (AvgIpc) is 2.31. The Morgan fingerprint density at radius 3 is 2.25 bits per heavy atom. The van der Waals surface area contributed by atoms with E-state index < -0.39 is 0 Å². The predicted molar refractivity (Wildman–Crippen MR) is 73.1 cm³/mol. The molecule has 16 heavy (non-hydrogen) atoms. The second kappa shape index (κ2) is 8.20. The van der Waals surface area contributed by atoms with Crippen LogP contribution in [0.2, 0.25) is 0 Å². The highest BCUT2D eigenvalue weighted by molar-refractivity contribution is 5.44. The van der Waals surface area contributed by atoms with Crippen molar-refractivity contribution in [3.63, 3.8) is 0 Å². The first kappa shape index (κ1) is 13.1. The zero-order valence-corrected chi connectivity index (χ0v) is 10.8. The van der Waals surface area contributed by atoms with Crippen molar-refractivity contribution in [2.75, 3.05) is 11.9 Å². The van der Waals surface area contributed by atoms with Gasteiger partial charge in [0.1, 0.15) is 0 Å². The molecule has 0 spiro atoms. The van der Waals surface area contributed by atoms with Gasteiger partial charge in [-0.25, -0.2) is 0 Å². The van der Waals surface area contributed by atoms with Gasteiger partial charge in [0.2, 0.25) is 0 Å². The molecule has 0 aliphatic rings. The molecular formula is C15H25N. The van der Waals surface area contributed by atoms with Crippen LogP contribution < -0.4 is 5.32 Å². The fourth-order valence-electron chi connectivity index (χ4n) is 1.86. The van der Waals surface area contributed by atoms with Gasteiger partial charge < -0.3 is 5.32 Å². The van der Waals surface area contributed by atoms with Gasteiger partial charge in [0, 0.05) is 12.2 Å². The molecule has 0 amide bonds. The lowest BCUT2D eigenvalue weighted by Gasteiger charge is -2.07. The second-order valence-corrected chi connectivity index (χ2v) is 4.43. The van der Waals surface area contributed by atoms with Crippen molar-refractivity contribution in [2.24, 2.45) is 0 Å². The van der Waals surface area contributed by atoms with Crippen LogP contribution in [0, 0.1) is 0 Å². The lowest BCUT2D eigenvalue weighted by atomic mass is 10.1. The van der Waals surface area contributed by atoms with E-state index in [1.807, 2.05) is 0 Å². The SMILES string of the molecule is CCCCCCNc1ccc(CCC)cc1. The Hall–Kier alpha value is -0.980. The van der Waals surface area contributed by atoms with E-state index in [0.717, 1.165) is 6.54 Å². The van der Waals surface area contributed by atoms with Crippen molar-refractivity contribution in [1.29, 1.82) is 0 Å². The first-order valence-corrected chi connectivity index (χ1v) is 6.69. The minimum atomic E-state index is 1.10. The summed E-state index contributed by atoms with van der Waals surface area (Å²) < 4.78 is 0. The fraction of sp³-hybridized carbons (Fsp3) is 0.600. The van der Waals surface area contributed by atoms with E-state index in [0.29, 0.717) is 0 Å². The van der Waals surface area contributed by atoms with Gasteiger partial charge in [-0.15, -0.1) is 0 Å². The van der Waals surface area contributed by atoms with Gasteiger partial charge in [-0.1, -0.05) is 51.7 Å². The van der Waals surface area contributed by atoms with Crippen molar-refractivity contribution in [3.05, 3.63) is 29.8 Å². The molecule has 1 rings (SSSR count). The Bertz CT molecular complexity index is 263. The van der Waals surface area contributed by atoms with Gasteiger partial charge in [-0.2, -0.15) is 0 Å². The lowest BCUT2D eigenvalue weighted by molar-refractivity contribution is 0.685. The molecule has 1 nitrogen and oxygen atoms in total. The molecule has 0 saturated heterocycles. The molecule has 1 heteroatoms. The topological polar surface area (TPSA) is 12.0 Å². The molecule has 0 aliphatic carbocycles. The minimum Gasteiger partial charge on any atom is -0.385 e. The lowest BCUT2D eigenvalue weighted by Crippen LogP contribution is -2.01. The quantitative estimate of drug-likeness (QED) is 0.628. The summed E-state index contributed by atoms with van der Waals surface area (Å²) in [4.78, 5) is 0. The van der Waals surface area contributed by atoms with Gasteiger partial charge in [0.25, 0.3) is 0 Å². The van der Waals surface area contributed by atoms with Crippen molar-refractivity contribution in [1.82, 2.24) is 0 Å². The van der Waals surface area contributed by atoms with Crippen LogP contribution in [0.4, 0.5) is 5.69 Å². The molecule has 1 N–H and O–H groups in total. The van der Waals surface area contributed by atoms with Crippen molar-refractivity contribution >= 4 is 5.69 Å². The van der Waals surface area contributed by atoms with Gasteiger partial charge in [-0.3, -0.25) is 0 Å². The van der Waals surface area contributed by atoms with Crippen LogP contribution in [0.25, 0.3) is 0 Å². The van der Waals surface area contributed by atoms with Crippen molar-refractivity contribution in [3.8, 4) is 0 Å². The zero-order chi connectivity index (χ0) is 11.6. The van der Waals surface area contributed by atoms with Crippen LogP contribution in [0.5, 0.6) is 0 Å². The van der Waals surface area contributed by atoms with Gasteiger partial charge >= 0.3 is 0 Å². The molecule has 0 fully saturated rings. The first-order chi connectivity index (χ1) is 7.86. The Morgan fingerprint density at radius 2 is 1.62 bits per heavy atom. The predicted octanol–water partition coefficient (Wildman–Crippen LogP) is 4.63. The summed E-state index contributed by atoms with van der Waals surface area (Å²) in [5, 5.41) is 3.47. The highest BCUT2D eigenvalue weighted by atomic mass is 14.9. The molecule has 0 aromatic heterocycles. The smallest absolute Gasteiger partial charge is 0.0340 e. The number of aryl methyl sites for hydroxylation is 1. The Morgan fingerprint density at radius 1 is 0.875 bits per heavy atom. The molecule has 0 atom stereocenters. The molecule has 1 aromatic carbocycles. The number of anilines is 1. The largest absolute Gasteiger partial charge is 0.385 e. The summed E-state index contributed by atoms with van der Waals surface area (Å²) in [6.45, 7) is 5.58. The van der Waals surface area contributed by atoms with E-state index in [4.69, 9.17) is 0 Å². The summed E-state index contributed by atoms with van der Waals surface area (Å²) in [5.74, 6) is 0. The third kappa shape index (κ3) is 5.20. The third-order valence-electron chi connectivity index (χ3n) is 2.85. The van der Waals surface area contributed by atoms with Crippen molar-refractivity contribution in [2.45, 2.75) is 52.4 Å². The van der Waals surface area contributed by atoms with Crippen LogP contribution in [0.15, 0.2) is 24.3 Å². The van der Waals surface area contributed by atoms with Crippen LogP contribution in [0.3, 0.4) is 0 Å². The second-order valence-electron chi connectivity index (χ2n) is 4.43. The highest BCUT2D eigenvalue weighted by Gasteiger charge is 1.93. The number of hydrogen-bond donors (Lipinski definition) is 1. The van der Waals surface area contributed by atoms with Gasteiger partial charge in [0.05, 0.1) is 0 Å². The summed E-state index contributed by atoms with van der Waals surface area (Å²) in [6.07, 6.45) is 7.71. The Kier molecular flexibility index (Phi) is 6.71. The van der Waals surface area contributed by atoms with Gasteiger partial charge in [-0.05, 0) is 30.5 Å². The Balaban J connectivity index is 2.21. The maximum Gasteiger partial charge on any atom is 0.0340 e. The van der Waals surface area contributed by atoms with Crippen LogP contribution in [-0.4, -0.2) is 6.54 Å². The minimum absolute atomic E-state index is 1.10. The normalized spacial score (nSPS) is 10.4. The summed E-state index contributed by atoms with van der Waals surface area (Å²) in [6, 6.07) is 8.87.